The van der Waals surface area contributed by atoms with Crippen molar-refractivity contribution in [3.05, 3.63) is 0 Å². The second-order valence-electron chi connectivity index (χ2n) is 2.63. The zero-order valence-corrected chi connectivity index (χ0v) is 9.76. The molecule has 12 heavy (non-hydrogen) atoms. The molecule has 0 atom stereocenters. The molecule has 0 spiro atoms. The standard InChI is InChI=1S/C8H14O3.Na/c1-7(9)5-3-2-4-6-8(10)11;/h2-6H2,1H3,(H,10,11);/q;+1/p-1. The van der Waals surface area contributed by atoms with Crippen LogP contribution in [0.3, 0.4) is 0 Å². The first-order chi connectivity index (χ1) is 5.13. The second-order valence-corrected chi connectivity index (χ2v) is 2.63. The fraction of sp³-hybridized carbons (Fsp3) is 0.750. The zero-order chi connectivity index (χ0) is 8.69. The third-order valence-corrected chi connectivity index (χ3v) is 1.41. The molecule has 0 aromatic carbocycles. The van der Waals surface area contributed by atoms with E-state index in [9.17, 15) is 14.7 Å². The molecule has 0 aliphatic rings. The number of rotatable bonds is 6. The number of Topliss-reactive ketones (excluding diaryl/α,β-unsaturated/α-hetero) is 1. The predicted octanol–water partition coefficient (Wildman–Crippen LogP) is -2.72. The summed E-state index contributed by atoms with van der Waals surface area (Å²) < 4.78 is 0. The third kappa shape index (κ3) is 12.8. The van der Waals surface area contributed by atoms with E-state index in [4.69, 9.17) is 0 Å². The Bertz CT molecular complexity index is 129. The van der Waals surface area contributed by atoms with Gasteiger partial charge in [0.15, 0.2) is 0 Å². The molecule has 0 heterocycles. The van der Waals surface area contributed by atoms with E-state index in [1.54, 1.807) is 6.92 Å². The van der Waals surface area contributed by atoms with Crippen molar-refractivity contribution in [3.63, 3.8) is 0 Å². The molecule has 64 valence electrons. The van der Waals surface area contributed by atoms with Crippen LogP contribution in [0.15, 0.2) is 0 Å². The molecule has 0 saturated carbocycles. The van der Waals surface area contributed by atoms with E-state index in [1.165, 1.54) is 0 Å². The van der Waals surface area contributed by atoms with Crippen LogP contribution < -0.4 is 34.7 Å². The van der Waals surface area contributed by atoms with Gasteiger partial charge in [0.25, 0.3) is 0 Å². The number of carbonyl (C=O) groups excluding carboxylic acids is 2. The van der Waals surface area contributed by atoms with E-state index in [2.05, 4.69) is 0 Å². The number of aliphatic carboxylic acids is 1. The summed E-state index contributed by atoms with van der Waals surface area (Å²) in [6.45, 7) is 1.54. The number of carbonyl (C=O) groups is 2. The molecule has 0 aromatic rings. The van der Waals surface area contributed by atoms with Gasteiger partial charge in [-0.2, -0.15) is 0 Å². The maximum absolute atomic E-state index is 10.4. The van der Waals surface area contributed by atoms with Crippen LogP contribution in [0.1, 0.15) is 39.0 Å². The Labute approximate surface area is 94.8 Å². The number of hydrogen-bond donors (Lipinski definition) is 0. The van der Waals surface area contributed by atoms with Crippen LogP contribution in [0.5, 0.6) is 0 Å². The number of ketones is 1. The van der Waals surface area contributed by atoms with Crippen LogP contribution in [-0.4, -0.2) is 11.8 Å². The van der Waals surface area contributed by atoms with Crippen LogP contribution in [0, 0.1) is 0 Å². The van der Waals surface area contributed by atoms with Crippen molar-refractivity contribution in [3.8, 4) is 0 Å². The van der Waals surface area contributed by atoms with Gasteiger partial charge in [0.2, 0.25) is 0 Å². The van der Waals surface area contributed by atoms with Crippen LogP contribution in [-0.2, 0) is 9.59 Å². The number of carboxylic acids is 1. The van der Waals surface area contributed by atoms with Gasteiger partial charge in [0.1, 0.15) is 5.78 Å². The number of hydrogen-bond acceptors (Lipinski definition) is 3. The van der Waals surface area contributed by atoms with Crippen LogP contribution in [0.25, 0.3) is 0 Å². The van der Waals surface area contributed by atoms with Gasteiger partial charge in [-0.1, -0.05) is 6.42 Å². The van der Waals surface area contributed by atoms with Crippen molar-refractivity contribution in [1.29, 1.82) is 0 Å². The monoisotopic (exact) mass is 180 g/mol. The Kier molecular flexibility index (Phi) is 11.3. The van der Waals surface area contributed by atoms with Crippen molar-refractivity contribution < 1.29 is 44.3 Å². The third-order valence-electron chi connectivity index (χ3n) is 1.41. The average Bonchev–Trinajstić information content (AvgIpc) is 1.85. The summed E-state index contributed by atoms with van der Waals surface area (Å²) >= 11 is 0. The molecule has 4 heteroatoms. The first kappa shape index (κ1) is 14.7. The van der Waals surface area contributed by atoms with Crippen LogP contribution >= 0.6 is 0 Å². The summed E-state index contributed by atoms with van der Waals surface area (Å²) in [5, 5.41) is 9.92. The minimum atomic E-state index is -1.01. The van der Waals surface area contributed by atoms with Gasteiger partial charge in [-0.25, -0.2) is 0 Å². The Hall–Kier alpha value is 0.140. The molecule has 0 aliphatic heterocycles. The molecular formula is C8H13NaO3. The Morgan fingerprint density at radius 3 is 2.00 bits per heavy atom. The minimum Gasteiger partial charge on any atom is -0.550 e. The summed E-state index contributed by atoms with van der Waals surface area (Å²) in [6, 6.07) is 0. The minimum absolute atomic E-state index is 0. The van der Waals surface area contributed by atoms with E-state index in [0.717, 1.165) is 12.8 Å². The van der Waals surface area contributed by atoms with Crippen LogP contribution in [0.2, 0.25) is 0 Å². The summed E-state index contributed by atoms with van der Waals surface area (Å²) in [5.74, 6) is -0.841. The molecular weight excluding hydrogens is 167 g/mol. The predicted molar refractivity (Wildman–Crippen MR) is 38.8 cm³/mol. The molecule has 0 fully saturated rings. The summed E-state index contributed by atoms with van der Waals surface area (Å²) in [7, 11) is 0. The van der Waals surface area contributed by atoms with Gasteiger partial charge in [-0.05, 0) is 26.2 Å². The first-order valence-electron chi connectivity index (χ1n) is 3.82. The normalized spacial score (nSPS) is 8.75. The van der Waals surface area contributed by atoms with Crippen molar-refractivity contribution in [2.75, 3.05) is 0 Å². The molecule has 0 bridgehead atoms. The number of carboxylic acid groups (broad SMARTS) is 1. The second kappa shape index (κ2) is 9.23. The smallest absolute Gasteiger partial charge is 0.550 e. The molecule has 0 amide bonds. The SMILES string of the molecule is CC(=O)CCCCCC(=O)[O-].[Na+]. The van der Waals surface area contributed by atoms with Gasteiger partial charge in [-0.3, -0.25) is 0 Å². The first-order valence-corrected chi connectivity index (χ1v) is 3.82. The molecule has 0 rings (SSSR count). The average molecular weight is 180 g/mol. The zero-order valence-electron chi connectivity index (χ0n) is 7.76. The van der Waals surface area contributed by atoms with E-state index in [1.807, 2.05) is 0 Å². The molecule has 0 aliphatic carbocycles. The van der Waals surface area contributed by atoms with Crippen LogP contribution in [0.4, 0.5) is 0 Å². The van der Waals surface area contributed by atoms with Gasteiger partial charge >= 0.3 is 29.6 Å². The van der Waals surface area contributed by atoms with Crippen molar-refractivity contribution in [2.45, 2.75) is 39.0 Å². The quantitative estimate of drug-likeness (QED) is 0.329. The van der Waals surface area contributed by atoms with Crippen molar-refractivity contribution in [2.24, 2.45) is 0 Å². The Balaban J connectivity index is 0. The van der Waals surface area contributed by atoms with Gasteiger partial charge < -0.3 is 14.7 Å². The van der Waals surface area contributed by atoms with E-state index >= 15 is 0 Å². The van der Waals surface area contributed by atoms with E-state index in [-0.39, 0.29) is 41.8 Å². The molecule has 0 N–H and O–H groups in total. The Morgan fingerprint density at radius 1 is 1.08 bits per heavy atom. The largest absolute Gasteiger partial charge is 1.00 e. The van der Waals surface area contributed by atoms with Crippen molar-refractivity contribution in [1.82, 2.24) is 0 Å². The number of unbranched alkanes of at least 4 members (excludes halogenated alkanes) is 2. The fourth-order valence-corrected chi connectivity index (χ4v) is 0.820. The Morgan fingerprint density at radius 2 is 1.58 bits per heavy atom. The van der Waals surface area contributed by atoms with E-state index in [0.29, 0.717) is 12.8 Å². The van der Waals surface area contributed by atoms with Crippen molar-refractivity contribution >= 4 is 11.8 Å². The molecule has 0 radical (unpaired) electrons. The summed E-state index contributed by atoms with van der Waals surface area (Å²) in [6.07, 6.45) is 2.89. The topological polar surface area (TPSA) is 57.2 Å². The maximum Gasteiger partial charge on any atom is 1.00 e. The maximum atomic E-state index is 10.4. The van der Waals surface area contributed by atoms with Gasteiger partial charge in [0.05, 0.1) is 0 Å². The molecule has 0 unspecified atom stereocenters. The summed E-state index contributed by atoms with van der Waals surface area (Å²) in [4.78, 5) is 20.3. The van der Waals surface area contributed by atoms with Gasteiger partial charge in [0, 0.05) is 12.4 Å². The molecule has 0 saturated heterocycles. The fourth-order valence-electron chi connectivity index (χ4n) is 0.820. The molecule has 3 nitrogen and oxygen atoms in total. The summed E-state index contributed by atoms with van der Waals surface area (Å²) in [5.41, 5.74) is 0. The molecule has 0 aromatic heterocycles. The van der Waals surface area contributed by atoms with Gasteiger partial charge in [-0.15, -0.1) is 0 Å². The van der Waals surface area contributed by atoms with E-state index < -0.39 is 5.97 Å².